The van der Waals surface area contributed by atoms with Gasteiger partial charge in [-0.15, -0.1) is 0 Å². The van der Waals surface area contributed by atoms with Gasteiger partial charge in [-0.05, 0) is 61.6 Å². The van der Waals surface area contributed by atoms with E-state index in [4.69, 9.17) is 0 Å². The van der Waals surface area contributed by atoms with Crippen molar-refractivity contribution in [3.8, 4) is 5.75 Å². The van der Waals surface area contributed by atoms with Crippen molar-refractivity contribution >= 4 is 5.57 Å². The van der Waals surface area contributed by atoms with E-state index in [9.17, 15) is 5.11 Å². The quantitative estimate of drug-likeness (QED) is 0.751. The highest BCUT2D eigenvalue weighted by molar-refractivity contribution is 5.67. The molecule has 0 aliphatic rings. The maximum atomic E-state index is 9.64. The van der Waals surface area contributed by atoms with Gasteiger partial charge in [0.25, 0.3) is 0 Å². The molecule has 14 heavy (non-hydrogen) atoms. The zero-order valence-electron chi connectivity index (χ0n) is 9.39. The second-order valence-corrected chi connectivity index (χ2v) is 3.63. The molecule has 0 aromatic heterocycles. The van der Waals surface area contributed by atoms with Crippen LogP contribution in [0.25, 0.3) is 5.57 Å². The molecule has 1 nitrogen and oxygen atoms in total. The summed E-state index contributed by atoms with van der Waals surface area (Å²) >= 11 is 0. The number of aryl methyl sites for hydroxylation is 2. The summed E-state index contributed by atoms with van der Waals surface area (Å²) in [6.07, 6.45) is 3.16. The molecule has 1 N–H and O–H groups in total. The fourth-order valence-electron chi connectivity index (χ4n) is 1.72. The molecule has 0 amide bonds. The Morgan fingerprint density at radius 2 is 1.79 bits per heavy atom. The number of benzene rings is 1. The van der Waals surface area contributed by atoms with Gasteiger partial charge in [0.2, 0.25) is 0 Å². The van der Waals surface area contributed by atoms with Crippen LogP contribution in [0, 0.1) is 13.8 Å². The van der Waals surface area contributed by atoms with Crippen LogP contribution in [0.4, 0.5) is 0 Å². The molecule has 0 saturated carbocycles. The maximum absolute atomic E-state index is 9.64. The maximum Gasteiger partial charge on any atom is 0.121 e. The zero-order valence-corrected chi connectivity index (χ0v) is 9.39. The number of aromatic hydroxyl groups is 1. The van der Waals surface area contributed by atoms with E-state index in [-0.39, 0.29) is 0 Å². The molecule has 0 spiro atoms. The van der Waals surface area contributed by atoms with Crippen molar-refractivity contribution in [1.82, 2.24) is 0 Å². The SMILES string of the molecule is C/C=C(/CC)c1cc(C)c(O)c(C)c1. The second-order valence-electron chi connectivity index (χ2n) is 3.63. The summed E-state index contributed by atoms with van der Waals surface area (Å²) in [7, 11) is 0. The molecular weight excluding hydrogens is 172 g/mol. The van der Waals surface area contributed by atoms with Gasteiger partial charge in [-0.25, -0.2) is 0 Å². The smallest absolute Gasteiger partial charge is 0.121 e. The number of phenolic OH excluding ortho intramolecular Hbond substituents is 1. The van der Waals surface area contributed by atoms with Crippen LogP contribution in [0.15, 0.2) is 18.2 Å². The summed E-state index contributed by atoms with van der Waals surface area (Å²) in [6, 6.07) is 4.09. The van der Waals surface area contributed by atoms with E-state index in [0.717, 1.165) is 17.5 Å². The van der Waals surface area contributed by atoms with Crippen molar-refractivity contribution in [3.05, 3.63) is 34.9 Å². The molecule has 0 saturated heterocycles. The molecule has 0 atom stereocenters. The van der Waals surface area contributed by atoms with E-state index >= 15 is 0 Å². The molecular formula is C13H18O. The van der Waals surface area contributed by atoms with Crippen LogP contribution in [0.1, 0.15) is 37.0 Å². The lowest BCUT2D eigenvalue weighted by molar-refractivity contribution is 0.467. The topological polar surface area (TPSA) is 20.2 Å². The summed E-state index contributed by atoms with van der Waals surface area (Å²) in [6.45, 7) is 8.08. The van der Waals surface area contributed by atoms with Gasteiger partial charge >= 0.3 is 0 Å². The Labute approximate surface area is 86.1 Å². The van der Waals surface area contributed by atoms with Crippen LogP contribution in [-0.4, -0.2) is 5.11 Å². The van der Waals surface area contributed by atoms with Gasteiger partial charge < -0.3 is 5.11 Å². The van der Waals surface area contributed by atoms with Crippen molar-refractivity contribution in [2.24, 2.45) is 0 Å². The molecule has 76 valence electrons. The fourth-order valence-corrected chi connectivity index (χ4v) is 1.72. The lowest BCUT2D eigenvalue weighted by atomic mass is 9.98. The third kappa shape index (κ3) is 1.98. The summed E-state index contributed by atoms with van der Waals surface area (Å²) in [4.78, 5) is 0. The van der Waals surface area contributed by atoms with Crippen LogP contribution < -0.4 is 0 Å². The first-order valence-corrected chi connectivity index (χ1v) is 5.05. The molecule has 0 fully saturated rings. The molecule has 0 radical (unpaired) electrons. The number of hydrogen-bond donors (Lipinski definition) is 1. The van der Waals surface area contributed by atoms with E-state index in [1.165, 1.54) is 11.1 Å². The first-order chi connectivity index (χ1) is 6.60. The van der Waals surface area contributed by atoms with Crippen molar-refractivity contribution in [1.29, 1.82) is 0 Å². The highest BCUT2D eigenvalue weighted by atomic mass is 16.3. The number of phenols is 1. The van der Waals surface area contributed by atoms with Crippen LogP contribution in [0.5, 0.6) is 5.75 Å². The second kappa shape index (κ2) is 4.32. The lowest BCUT2D eigenvalue weighted by Gasteiger charge is -2.09. The van der Waals surface area contributed by atoms with Crippen molar-refractivity contribution < 1.29 is 5.11 Å². The normalized spacial score (nSPS) is 11.9. The monoisotopic (exact) mass is 190 g/mol. The van der Waals surface area contributed by atoms with Gasteiger partial charge in [0, 0.05) is 0 Å². The van der Waals surface area contributed by atoms with E-state index in [1.807, 2.05) is 26.0 Å². The minimum Gasteiger partial charge on any atom is -0.507 e. The van der Waals surface area contributed by atoms with Crippen molar-refractivity contribution in [3.63, 3.8) is 0 Å². The van der Waals surface area contributed by atoms with Gasteiger partial charge in [-0.2, -0.15) is 0 Å². The van der Waals surface area contributed by atoms with Gasteiger partial charge in [-0.3, -0.25) is 0 Å². The van der Waals surface area contributed by atoms with E-state index in [2.05, 4.69) is 19.9 Å². The minimum absolute atomic E-state index is 0.417. The predicted octanol–water partition coefficient (Wildman–Crippen LogP) is 3.82. The van der Waals surface area contributed by atoms with E-state index < -0.39 is 0 Å². The fraction of sp³-hybridized carbons (Fsp3) is 0.385. The summed E-state index contributed by atoms with van der Waals surface area (Å²) < 4.78 is 0. The van der Waals surface area contributed by atoms with E-state index in [1.54, 1.807) is 0 Å². The van der Waals surface area contributed by atoms with Crippen LogP contribution >= 0.6 is 0 Å². The molecule has 0 heterocycles. The predicted molar refractivity (Wildman–Crippen MR) is 61.5 cm³/mol. The molecule has 1 rings (SSSR count). The Morgan fingerprint density at radius 3 is 2.14 bits per heavy atom. The Hall–Kier alpha value is -1.24. The Balaban J connectivity index is 3.25. The first-order valence-electron chi connectivity index (χ1n) is 5.05. The Bertz CT molecular complexity index is 338. The Kier molecular flexibility index (Phi) is 3.34. The third-order valence-corrected chi connectivity index (χ3v) is 2.59. The number of allylic oxidation sites excluding steroid dienone is 2. The molecule has 0 aliphatic carbocycles. The summed E-state index contributed by atoms with van der Waals surface area (Å²) in [5, 5.41) is 9.64. The largest absolute Gasteiger partial charge is 0.507 e. The van der Waals surface area contributed by atoms with Crippen LogP contribution in [0.3, 0.4) is 0 Å². The van der Waals surface area contributed by atoms with Gasteiger partial charge in [0.15, 0.2) is 0 Å². The molecule has 0 bridgehead atoms. The van der Waals surface area contributed by atoms with Crippen molar-refractivity contribution in [2.45, 2.75) is 34.1 Å². The average Bonchev–Trinajstić information content (AvgIpc) is 2.16. The van der Waals surface area contributed by atoms with E-state index in [0.29, 0.717) is 5.75 Å². The minimum atomic E-state index is 0.417. The highest BCUT2D eigenvalue weighted by Crippen LogP contribution is 2.27. The number of hydrogen-bond acceptors (Lipinski definition) is 1. The Morgan fingerprint density at radius 1 is 1.29 bits per heavy atom. The molecule has 1 aromatic carbocycles. The van der Waals surface area contributed by atoms with Gasteiger partial charge in [-0.1, -0.05) is 13.0 Å². The van der Waals surface area contributed by atoms with Crippen LogP contribution in [0.2, 0.25) is 0 Å². The molecule has 0 aliphatic heterocycles. The lowest BCUT2D eigenvalue weighted by Crippen LogP contribution is -1.88. The summed E-state index contributed by atoms with van der Waals surface area (Å²) in [5.41, 5.74) is 4.46. The molecule has 0 unspecified atom stereocenters. The van der Waals surface area contributed by atoms with Gasteiger partial charge in [0.05, 0.1) is 0 Å². The highest BCUT2D eigenvalue weighted by Gasteiger charge is 2.05. The first kappa shape index (κ1) is 10.8. The average molecular weight is 190 g/mol. The zero-order chi connectivity index (χ0) is 10.7. The number of rotatable bonds is 2. The molecule has 1 heteroatoms. The summed E-state index contributed by atoms with van der Waals surface area (Å²) in [5.74, 6) is 0.417. The third-order valence-electron chi connectivity index (χ3n) is 2.59. The molecule has 1 aromatic rings. The van der Waals surface area contributed by atoms with Gasteiger partial charge in [0.1, 0.15) is 5.75 Å². The standard InChI is InChI=1S/C13H18O/c1-5-11(6-2)12-7-9(3)13(14)10(4)8-12/h5,7-8,14H,6H2,1-4H3/b11-5-. The van der Waals surface area contributed by atoms with Crippen LogP contribution in [-0.2, 0) is 0 Å². The van der Waals surface area contributed by atoms with Crippen molar-refractivity contribution in [2.75, 3.05) is 0 Å².